The van der Waals surface area contributed by atoms with E-state index in [4.69, 9.17) is 18.9 Å². The summed E-state index contributed by atoms with van der Waals surface area (Å²) in [5.74, 6) is 3.51. The van der Waals surface area contributed by atoms with Crippen LogP contribution in [-0.2, 0) is 0 Å². The van der Waals surface area contributed by atoms with Gasteiger partial charge >= 0.3 is 0 Å². The van der Waals surface area contributed by atoms with Crippen molar-refractivity contribution >= 4 is 5.57 Å². The van der Waals surface area contributed by atoms with Gasteiger partial charge in [0.05, 0.1) is 28.4 Å². The van der Waals surface area contributed by atoms with Crippen LogP contribution in [0.3, 0.4) is 0 Å². The highest BCUT2D eigenvalue weighted by Gasteiger charge is 2.21. The molecule has 1 unspecified atom stereocenters. The van der Waals surface area contributed by atoms with Crippen LogP contribution in [0.4, 0.5) is 0 Å². The fourth-order valence-electron chi connectivity index (χ4n) is 5.55. The number of rotatable bonds is 9. The summed E-state index contributed by atoms with van der Waals surface area (Å²) in [6.07, 6.45) is 9.47. The van der Waals surface area contributed by atoms with Gasteiger partial charge in [-0.25, -0.2) is 0 Å². The van der Waals surface area contributed by atoms with Crippen molar-refractivity contribution in [3.8, 4) is 45.3 Å². The first-order valence-electron chi connectivity index (χ1n) is 14.4. The molecule has 0 saturated carbocycles. The van der Waals surface area contributed by atoms with E-state index in [1.165, 1.54) is 23.1 Å². The van der Waals surface area contributed by atoms with Crippen molar-refractivity contribution < 1.29 is 18.9 Å². The molecule has 1 aliphatic carbocycles. The highest BCUT2D eigenvalue weighted by Crippen LogP contribution is 2.39. The van der Waals surface area contributed by atoms with Crippen molar-refractivity contribution in [3.05, 3.63) is 114 Å². The number of benzene rings is 4. The Labute approximate surface area is 250 Å². The summed E-state index contributed by atoms with van der Waals surface area (Å²) in [6.45, 7) is 4.62. The molecule has 0 aromatic heterocycles. The first kappa shape index (κ1) is 29.1. The summed E-state index contributed by atoms with van der Waals surface area (Å²) in [5.41, 5.74) is 8.10. The van der Waals surface area contributed by atoms with E-state index < -0.39 is 0 Å². The molecular formula is C38H40O4. The van der Waals surface area contributed by atoms with E-state index in [0.717, 1.165) is 51.7 Å². The summed E-state index contributed by atoms with van der Waals surface area (Å²) in [5, 5.41) is 0. The lowest BCUT2D eigenvalue weighted by atomic mass is 9.78. The van der Waals surface area contributed by atoms with Crippen molar-refractivity contribution in [1.29, 1.82) is 0 Å². The van der Waals surface area contributed by atoms with Gasteiger partial charge in [0.1, 0.15) is 23.0 Å². The van der Waals surface area contributed by atoms with Crippen LogP contribution in [0.15, 0.2) is 103 Å². The standard InChI is InChI=1S/C38H40O4/c1-38(2)21-19-26(20-22-38)23-35(29-11-7-27(8-12-29)33-17-15-31(39-3)24-36(33)41-5)30-13-9-28(10-14-30)34-18-16-32(40-4)25-37(34)42-6/h7-19,21,23-26H,20,22H2,1-6H3. The van der Waals surface area contributed by atoms with E-state index in [9.17, 15) is 0 Å². The lowest BCUT2D eigenvalue weighted by Crippen LogP contribution is -2.14. The molecule has 0 N–H and O–H groups in total. The maximum Gasteiger partial charge on any atom is 0.130 e. The Balaban J connectivity index is 1.52. The maximum atomic E-state index is 5.67. The van der Waals surface area contributed by atoms with E-state index in [1.54, 1.807) is 28.4 Å². The molecule has 4 aromatic carbocycles. The third-order valence-electron chi connectivity index (χ3n) is 8.13. The van der Waals surface area contributed by atoms with Crippen molar-refractivity contribution in [2.45, 2.75) is 26.7 Å². The fourth-order valence-corrected chi connectivity index (χ4v) is 5.55. The van der Waals surface area contributed by atoms with Crippen molar-refractivity contribution in [2.75, 3.05) is 28.4 Å². The Morgan fingerprint density at radius 2 is 1.12 bits per heavy atom. The van der Waals surface area contributed by atoms with Crippen LogP contribution in [0.2, 0.25) is 0 Å². The molecule has 42 heavy (non-hydrogen) atoms. The second kappa shape index (κ2) is 12.6. The number of hydrogen-bond donors (Lipinski definition) is 0. The van der Waals surface area contributed by atoms with Gasteiger partial charge in [0.15, 0.2) is 0 Å². The van der Waals surface area contributed by atoms with Crippen LogP contribution < -0.4 is 18.9 Å². The Hall–Kier alpha value is -4.44. The predicted octanol–water partition coefficient (Wildman–Crippen LogP) is 9.48. The first-order chi connectivity index (χ1) is 20.3. The van der Waals surface area contributed by atoms with Crippen LogP contribution in [0.25, 0.3) is 27.8 Å². The molecule has 0 fully saturated rings. The molecule has 0 amide bonds. The minimum atomic E-state index is 0.253. The zero-order chi connectivity index (χ0) is 29.7. The first-order valence-corrected chi connectivity index (χ1v) is 14.4. The van der Waals surface area contributed by atoms with Gasteiger partial charge < -0.3 is 18.9 Å². The normalized spacial score (nSPS) is 15.5. The number of hydrogen-bond acceptors (Lipinski definition) is 4. The SMILES string of the molecule is COc1ccc(-c2ccc(C(=CC3C=CC(C)(C)CC3)c3ccc(-c4ccc(OC)cc4OC)cc3)cc2)c(OC)c1. The molecular weight excluding hydrogens is 520 g/mol. The molecule has 1 atom stereocenters. The van der Waals surface area contributed by atoms with E-state index in [0.29, 0.717) is 5.92 Å². The van der Waals surface area contributed by atoms with Gasteiger partial charge in [-0.05, 0) is 76.3 Å². The van der Waals surface area contributed by atoms with E-state index in [1.807, 2.05) is 36.4 Å². The molecule has 4 heteroatoms. The van der Waals surface area contributed by atoms with Gasteiger partial charge in [-0.3, -0.25) is 0 Å². The van der Waals surface area contributed by atoms with Crippen LogP contribution in [0.1, 0.15) is 37.8 Å². The van der Waals surface area contributed by atoms with Crippen LogP contribution in [-0.4, -0.2) is 28.4 Å². The maximum absolute atomic E-state index is 5.67. The largest absolute Gasteiger partial charge is 0.497 e. The van der Waals surface area contributed by atoms with E-state index >= 15 is 0 Å². The third-order valence-corrected chi connectivity index (χ3v) is 8.13. The van der Waals surface area contributed by atoms with Crippen molar-refractivity contribution in [2.24, 2.45) is 11.3 Å². The second-order valence-electron chi connectivity index (χ2n) is 11.4. The quantitative estimate of drug-likeness (QED) is 0.191. The summed E-state index contributed by atoms with van der Waals surface area (Å²) in [4.78, 5) is 0. The van der Waals surface area contributed by atoms with Gasteiger partial charge in [0.2, 0.25) is 0 Å². The van der Waals surface area contributed by atoms with Gasteiger partial charge in [-0.15, -0.1) is 0 Å². The molecule has 4 aromatic rings. The predicted molar refractivity (Wildman–Crippen MR) is 173 cm³/mol. The highest BCUT2D eigenvalue weighted by molar-refractivity contribution is 5.83. The van der Waals surface area contributed by atoms with Crippen LogP contribution in [0, 0.1) is 11.3 Å². The second-order valence-corrected chi connectivity index (χ2v) is 11.4. The number of allylic oxidation sites excluding steroid dienone is 3. The van der Waals surface area contributed by atoms with Gasteiger partial charge in [-0.2, -0.15) is 0 Å². The summed E-state index contributed by atoms with van der Waals surface area (Å²) in [7, 11) is 6.72. The Morgan fingerprint density at radius 3 is 1.50 bits per heavy atom. The smallest absolute Gasteiger partial charge is 0.130 e. The lowest BCUT2D eigenvalue weighted by molar-refractivity contribution is 0.382. The topological polar surface area (TPSA) is 36.9 Å². The average molecular weight is 561 g/mol. The molecule has 5 rings (SSSR count). The van der Waals surface area contributed by atoms with Gasteiger partial charge in [0.25, 0.3) is 0 Å². The zero-order valence-corrected chi connectivity index (χ0v) is 25.4. The van der Waals surface area contributed by atoms with Crippen LogP contribution in [0.5, 0.6) is 23.0 Å². The summed E-state index contributed by atoms with van der Waals surface area (Å²) >= 11 is 0. The van der Waals surface area contributed by atoms with E-state index in [2.05, 4.69) is 80.6 Å². The molecule has 1 aliphatic rings. The highest BCUT2D eigenvalue weighted by atomic mass is 16.5. The summed E-state index contributed by atoms with van der Waals surface area (Å²) in [6, 6.07) is 29.4. The van der Waals surface area contributed by atoms with Crippen molar-refractivity contribution in [3.63, 3.8) is 0 Å². The monoisotopic (exact) mass is 560 g/mol. The Bertz CT molecular complexity index is 1480. The van der Waals surface area contributed by atoms with E-state index in [-0.39, 0.29) is 5.41 Å². The molecule has 0 bridgehead atoms. The van der Waals surface area contributed by atoms with Gasteiger partial charge in [-0.1, -0.05) is 80.6 Å². The Morgan fingerprint density at radius 1 is 0.643 bits per heavy atom. The lowest BCUT2D eigenvalue weighted by Gasteiger charge is -2.27. The number of ether oxygens (including phenoxy) is 4. The molecule has 0 heterocycles. The zero-order valence-electron chi connectivity index (χ0n) is 25.4. The third kappa shape index (κ3) is 6.38. The molecule has 0 saturated heterocycles. The fraction of sp³-hybridized carbons (Fsp3) is 0.263. The average Bonchev–Trinajstić information content (AvgIpc) is 3.04. The van der Waals surface area contributed by atoms with Crippen molar-refractivity contribution in [1.82, 2.24) is 0 Å². The minimum Gasteiger partial charge on any atom is -0.497 e. The summed E-state index contributed by atoms with van der Waals surface area (Å²) < 4.78 is 22.1. The Kier molecular flexibility index (Phi) is 8.72. The van der Waals surface area contributed by atoms with Gasteiger partial charge in [0, 0.05) is 23.3 Å². The molecule has 0 radical (unpaired) electrons. The molecule has 0 spiro atoms. The molecule has 216 valence electrons. The molecule has 4 nitrogen and oxygen atoms in total. The molecule has 0 aliphatic heterocycles. The van der Waals surface area contributed by atoms with Crippen LogP contribution >= 0.6 is 0 Å². The number of methoxy groups -OCH3 is 4. The minimum absolute atomic E-state index is 0.253.